The highest BCUT2D eigenvalue weighted by Crippen LogP contribution is 2.21. The molecule has 2 aliphatic heterocycles. The number of aliphatic imine (C=N–C) groups is 1. The van der Waals surface area contributed by atoms with Gasteiger partial charge in [-0.2, -0.15) is 11.8 Å². The number of rotatable bonds is 7. The summed E-state index contributed by atoms with van der Waals surface area (Å²) >= 11 is 2.08. The van der Waals surface area contributed by atoms with E-state index in [0.717, 1.165) is 82.3 Å². The van der Waals surface area contributed by atoms with Gasteiger partial charge in [-0.1, -0.05) is 6.92 Å². The highest BCUT2D eigenvalue weighted by Gasteiger charge is 2.22. The Balaban J connectivity index is 1.56. The van der Waals surface area contributed by atoms with E-state index in [2.05, 4.69) is 44.0 Å². The van der Waals surface area contributed by atoms with Crippen molar-refractivity contribution in [2.75, 3.05) is 58.2 Å². The van der Waals surface area contributed by atoms with E-state index in [-0.39, 0.29) is 0 Å². The van der Waals surface area contributed by atoms with Gasteiger partial charge in [0.15, 0.2) is 11.8 Å². The number of nitrogens with zero attached hydrogens (tertiary/aromatic N) is 6. The minimum absolute atomic E-state index is 0.559. The molecule has 1 unspecified atom stereocenters. The topological polar surface area (TPSA) is 70.8 Å². The Morgan fingerprint density at radius 1 is 1.29 bits per heavy atom. The summed E-state index contributed by atoms with van der Waals surface area (Å²) in [5, 5.41) is 12.7. The summed E-state index contributed by atoms with van der Waals surface area (Å²) in [4.78, 5) is 9.81. The van der Waals surface area contributed by atoms with Crippen LogP contribution in [0.4, 0.5) is 0 Å². The Morgan fingerprint density at radius 3 is 2.82 bits per heavy atom. The number of thioether (sulfide) groups is 1. The van der Waals surface area contributed by atoms with Crippen molar-refractivity contribution in [1.82, 2.24) is 29.9 Å². The van der Waals surface area contributed by atoms with Gasteiger partial charge in [-0.25, -0.2) is 4.99 Å². The lowest BCUT2D eigenvalue weighted by atomic mass is 10.3. The molecule has 0 saturated carbocycles. The molecule has 3 rings (SSSR count). The predicted molar refractivity (Wildman–Crippen MR) is 115 cm³/mol. The zero-order valence-electron chi connectivity index (χ0n) is 17.6. The molecule has 0 radical (unpaired) electrons. The first-order chi connectivity index (χ1) is 13.7. The van der Waals surface area contributed by atoms with Gasteiger partial charge in [-0.3, -0.25) is 4.90 Å². The Hall–Kier alpha value is -1.32. The van der Waals surface area contributed by atoms with Crippen molar-refractivity contribution in [1.29, 1.82) is 0 Å². The summed E-state index contributed by atoms with van der Waals surface area (Å²) in [6.07, 6.45) is 2.32. The van der Waals surface area contributed by atoms with E-state index in [1.165, 1.54) is 6.42 Å². The van der Waals surface area contributed by atoms with Gasteiger partial charge in [-0.15, -0.1) is 10.2 Å². The van der Waals surface area contributed by atoms with Gasteiger partial charge in [0, 0.05) is 50.8 Å². The van der Waals surface area contributed by atoms with Crippen molar-refractivity contribution in [2.24, 2.45) is 12.0 Å². The molecule has 2 saturated heterocycles. The number of nitrogens with one attached hydrogen (secondary N) is 1. The van der Waals surface area contributed by atoms with Crippen LogP contribution in [0.3, 0.4) is 0 Å². The lowest BCUT2D eigenvalue weighted by Gasteiger charge is -2.34. The number of morpholine rings is 1. The monoisotopic (exact) mass is 409 g/mol. The number of ether oxygens (including phenoxy) is 1. The first-order valence-corrected chi connectivity index (χ1v) is 11.5. The lowest BCUT2D eigenvalue weighted by Crippen LogP contribution is -2.48. The van der Waals surface area contributed by atoms with Crippen LogP contribution in [0.5, 0.6) is 0 Å². The van der Waals surface area contributed by atoms with Gasteiger partial charge in [0.1, 0.15) is 12.4 Å². The molecule has 9 heteroatoms. The molecule has 3 heterocycles. The number of aryl methyl sites for hydroxylation is 1. The molecule has 1 atom stereocenters. The third-order valence-corrected chi connectivity index (χ3v) is 6.86. The quantitative estimate of drug-likeness (QED) is 0.411. The van der Waals surface area contributed by atoms with E-state index in [9.17, 15) is 0 Å². The van der Waals surface area contributed by atoms with Crippen molar-refractivity contribution >= 4 is 17.7 Å². The minimum Gasteiger partial charge on any atom is -0.379 e. The van der Waals surface area contributed by atoms with Crippen molar-refractivity contribution in [3.8, 4) is 0 Å². The van der Waals surface area contributed by atoms with Crippen LogP contribution in [0, 0.1) is 6.92 Å². The maximum Gasteiger partial charge on any atom is 0.194 e. The molecule has 8 nitrogen and oxygen atoms in total. The second-order valence-corrected chi connectivity index (χ2v) is 8.85. The lowest BCUT2D eigenvalue weighted by molar-refractivity contribution is 0.0375. The molecule has 2 aliphatic rings. The third kappa shape index (κ3) is 6.09. The fourth-order valence-corrected chi connectivity index (χ4v) is 4.67. The van der Waals surface area contributed by atoms with Gasteiger partial charge in [0.05, 0.1) is 13.2 Å². The summed E-state index contributed by atoms with van der Waals surface area (Å²) in [5.74, 6) is 4.01. The van der Waals surface area contributed by atoms with Crippen molar-refractivity contribution in [3.05, 3.63) is 11.6 Å². The van der Waals surface area contributed by atoms with E-state index in [1.54, 1.807) is 0 Å². The van der Waals surface area contributed by atoms with Gasteiger partial charge in [0.25, 0.3) is 0 Å². The average molecular weight is 410 g/mol. The summed E-state index contributed by atoms with van der Waals surface area (Å²) in [5.41, 5.74) is 0. The molecule has 1 N–H and O–H groups in total. The van der Waals surface area contributed by atoms with E-state index in [0.29, 0.717) is 11.8 Å². The third-order valence-electron chi connectivity index (χ3n) is 5.48. The van der Waals surface area contributed by atoms with Crippen LogP contribution in [0.25, 0.3) is 0 Å². The zero-order valence-corrected chi connectivity index (χ0v) is 18.4. The van der Waals surface area contributed by atoms with Crippen LogP contribution < -0.4 is 5.32 Å². The maximum absolute atomic E-state index is 5.43. The molecular weight excluding hydrogens is 374 g/mol. The number of hydrogen-bond donors (Lipinski definition) is 1. The fraction of sp³-hybridized carbons (Fsp3) is 0.842. The minimum atomic E-state index is 0.559. The maximum atomic E-state index is 5.43. The van der Waals surface area contributed by atoms with Gasteiger partial charge in [-0.05, 0) is 26.3 Å². The van der Waals surface area contributed by atoms with Crippen LogP contribution in [0.2, 0.25) is 0 Å². The Kier molecular flexibility index (Phi) is 8.42. The van der Waals surface area contributed by atoms with Crippen molar-refractivity contribution in [2.45, 2.75) is 38.5 Å². The van der Waals surface area contributed by atoms with Crippen LogP contribution in [0.15, 0.2) is 4.99 Å². The van der Waals surface area contributed by atoms with Crippen molar-refractivity contribution in [3.63, 3.8) is 0 Å². The molecule has 0 amide bonds. The number of guanidine groups is 1. The zero-order chi connectivity index (χ0) is 19.8. The normalized spacial score (nSPS) is 21.9. The predicted octanol–water partition coefficient (Wildman–Crippen LogP) is 1.12. The molecule has 0 bridgehead atoms. The summed E-state index contributed by atoms with van der Waals surface area (Å²) in [7, 11) is 2.00. The molecule has 1 aromatic heterocycles. The molecule has 28 heavy (non-hydrogen) atoms. The van der Waals surface area contributed by atoms with E-state index in [1.807, 2.05) is 18.5 Å². The van der Waals surface area contributed by atoms with E-state index in [4.69, 9.17) is 9.73 Å². The van der Waals surface area contributed by atoms with E-state index >= 15 is 0 Å². The van der Waals surface area contributed by atoms with Crippen molar-refractivity contribution < 1.29 is 4.74 Å². The second-order valence-electron chi connectivity index (χ2n) is 7.44. The number of aromatic nitrogens is 3. The first kappa shape index (κ1) is 21.4. The van der Waals surface area contributed by atoms with Gasteiger partial charge >= 0.3 is 0 Å². The largest absolute Gasteiger partial charge is 0.379 e. The average Bonchev–Trinajstić information content (AvgIpc) is 3.06. The molecule has 0 aliphatic carbocycles. The van der Waals surface area contributed by atoms with Gasteiger partial charge < -0.3 is 19.5 Å². The van der Waals surface area contributed by atoms with Crippen LogP contribution in [0.1, 0.15) is 31.4 Å². The Bertz CT molecular complexity index is 630. The molecule has 1 aromatic rings. The van der Waals surface area contributed by atoms with E-state index < -0.39 is 0 Å². The SMILES string of the molecule is CCC1CN(C(=NCc2nnc(C)n2C)NCCCN2CCOCC2)CCS1. The Labute approximate surface area is 173 Å². The molecule has 0 spiro atoms. The summed E-state index contributed by atoms with van der Waals surface area (Å²) in [6, 6.07) is 0. The first-order valence-electron chi connectivity index (χ1n) is 10.5. The molecular formula is C19H35N7OS. The smallest absolute Gasteiger partial charge is 0.194 e. The summed E-state index contributed by atoms with van der Waals surface area (Å²) < 4.78 is 7.45. The van der Waals surface area contributed by atoms with Crippen LogP contribution in [-0.4, -0.2) is 94.0 Å². The molecule has 2 fully saturated rings. The highest BCUT2D eigenvalue weighted by atomic mass is 32.2. The fourth-order valence-electron chi connectivity index (χ4n) is 3.49. The van der Waals surface area contributed by atoms with Crippen LogP contribution in [-0.2, 0) is 18.3 Å². The highest BCUT2D eigenvalue weighted by molar-refractivity contribution is 8.00. The molecule has 158 valence electrons. The van der Waals surface area contributed by atoms with Gasteiger partial charge in [0.2, 0.25) is 0 Å². The van der Waals surface area contributed by atoms with Crippen LogP contribution >= 0.6 is 11.8 Å². The molecule has 0 aromatic carbocycles. The second kappa shape index (κ2) is 11.0. The number of hydrogen-bond acceptors (Lipinski definition) is 6. The Morgan fingerprint density at radius 2 is 2.11 bits per heavy atom. The standard InChI is InChI=1S/C19H35N7OS/c1-4-17-15-26(10-13-28-17)19(21-14-18-23-22-16(2)24(18)3)20-6-5-7-25-8-11-27-12-9-25/h17H,4-15H2,1-3H3,(H,20,21). The summed E-state index contributed by atoms with van der Waals surface area (Å²) in [6.45, 7) is 12.8.